The van der Waals surface area contributed by atoms with Crippen molar-refractivity contribution >= 4 is 5.97 Å². The summed E-state index contributed by atoms with van der Waals surface area (Å²) in [5.74, 6) is -0.597. The second-order valence-electron chi connectivity index (χ2n) is 4.24. The Morgan fingerprint density at radius 1 is 1.38 bits per heavy atom. The number of benzene rings is 1. The minimum Gasteiger partial charge on any atom is -0.508 e. The van der Waals surface area contributed by atoms with Gasteiger partial charge in [-0.1, -0.05) is 19.9 Å². The average Bonchev–Trinajstić information content (AvgIpc) is 2.16. The van der Waals surface area contributed by atoms with Crippen molar-refractivity contribution in [3.05, 3.63) is 29.3 Å². The van der Waals surface area contributed by atoms with Crippen LogP contribution in [-0.2, 0) is 11.2 Å². The lowest BCUT2D eigenvalue weighted by Crippen LogP contribution is -2.32. The van der Waals surface area contributed by atoms with E-state index >= 15 is 0 Å². The summed E-state index contributed by atoms with van der Waals surface area (Å²) < 4.78 is 0. The van der Waals surface area contributed by atoms with Crippen molar-refractivity contribution in [3.8, 4) is 5.75 Å². The summed E-state index contributed by atoms with van der Waals surface area (Å²) in [6.07, 6.45) is 0.226. The highest BCUT2D eigenvalue weighted by Crippen LogP contribution is 2.22. The van der Waals surface area contributed by atoms with Gasteiger partial charge >= 0.3 is 5.97 Å². The van der Waals surface area contributed by atoms with Gasteiger partial charge in [0.2, 0.25) is 0 Å². The van der Waals surface area contributed by atoms with Crippen molar-refractivity contribution < 1.29 is 15.0 Å². The fourth-order valence-corrected chi connectivity index (χ4v) is 1.49. The van der Waals surface area contributed by atoms with Crippen LogP contribution in [0.1, 0.15) is 30.9 Å². The summed E-state index contributed by atoms with van der Waals surface area (Å²) in [6.45, 7) is 4.02. The molecule has 0 amide bonds. The zero-order chi connectivity index (χ0) is 12.3. The van der Waals surface area contributed by atoms with Gasteiger partial charge < -0.3 is 15.9 Å². The lowest BCUT2D eigenvalue weighted by molar-refractivity contribution is -0.138. The number of carboxylic acids is 1. The monoisotopic (exact) mass is 223 g/mol. The first-order valence-electron chi connectivity index (χ1n) is 5.21. The maximum absolute atomic E-state index is 10.6. The Balaban J connectivity index is 2.92. The molecule has 4 nitrogen and oxygen atoms in total. The maximum atomic E-state index is 10.6. The molecule has 0 aliphatic carbocycles. The minimum atomic E-state index is -1.03. The number of phenols is 1. The van der Waals surface area contributed by atoms with Gasteiger partial charge in [0, 0.05) is 0 Å². The Bertz CT molecular complexity index is 388. The summed E-state index contributed by atoms with van der Waals surface area (Å²) in [6, 6.07) is 4.18. The molecule has 0 fully saturated rings. The zero-order valence-corrected chi connectivity index (χ0v) is 9.47. The first kappa shape index (κ1) is 12.5. The fourth-order valence-electron chi connectivity index (χ4n) is 1.49. The number of hydrogen-bond acceptors (Lipinski definition) is 3. The number of rotatable bonds is 4. The van der Waals surface area contributed by atoms with Crippen LogP contribution in [0.3, 0.4) is 0 Å². The highest BCUT2D eigenvalue weighted by Gasteiger charge is 2.13. The van der Waals surface area contributed by atoms with Crippen molar-refractivity contribution in [2.45, 2.75) is 32.2 Å². The molecule has 0 aliphatic rings. The Hall–Kier alpha value is -1.55. The van der Waals surface area contributed by atoms with Gasteiger partial charge in [-0.05, 0) is 35.6 Å². The van der Waals surface area contributed by atoms with Gasteiger partial charge in [-0.25, -0.2) is 0 Å². The van der Waals surface area contributed by atoms with E-state index in [4.69, 9.17) is 10.8 Å². The Morgan fingerprint density at radius 3 is 2.50 bits per heavy atom. The van der Waals surface area contributed by atoms with E-state index in [0.29, 0.717) is 0 Å². The largest absolute Gasteiger partial charge is 0.508 e. The summed E-state index contributed by atoms with van der Waals surface area (Å²) >= 11 is 0. The second-order valence-corrected chi connectivity index (χ2v) is 4.24. The van der Waals surface area contributed by atoms with Gasteiger partial charge in [0.25, 0.3) is 0 Å². The molecule has 0 bridgehead atoms. The molecule has 4 heteroatoms. The van der Waals surface area contributed by atoms with Crippen LogP contribution in [0.5, 0.6) is 5.75 Å². The molecule has 0 heterocycles. The lowest BCUT2D eigenvalue weighted by atomic mass is 9.97. The molecule has 1 rings (SSSR count). The summed E-state index contributed by atoms with van der Waals surface area (Å²) in [7, 11) is 0. The van der Waals surface area contributed by atoms with Crippen molar-refractivity contribution in [1.29, 1.82) is 0 Å². The molecule has 0 spiro atoms. The Kier molecular flexibility index (Phi) is 3.90. The number of carbonyl (C=O) groups is 1. The van der Waals surface area contributed by atoms with Crippen LogP contribution in [0.2, 0.25) is 0 Å². The molecular formula is C12H17NO3. The highest BCUT2D eigenvalue weighted by molar-refractivity contribution is 5.73. The van der Waals surface area contributed by atoms with Gasteiger partial charge in [0.05, 0.1) is 0 Å². The topological polar surface area (TPSA) is 83.5 Å². The van der Waals surface area contributed by atoms with Crippen molar-refractivity contribution in [3.63, 3.8) is 0 Å². The quantitative estimate of drug-likeness (QED) is 0.721. The summed E-state index contributed by atoms with van der Waals surface area (Å²) in [4.78, 5) is 10.6. The predicted octanol–water partition coefficient (Wildman–Crippen LogP) is 1.47. The van der Waals surface area contributed by atoms with Gasteiger partial charge in [-0.15, -0.1) is 0 Å². The van der Waals surface area contributed by atoms with Crippen molar-refractivity contribution in [2.75, 3.05) is 0 Å². The molecule has 0 aromatic heterocycles. The first-order chi connectivity index (χ1) is 7.40. The molecule has 0 saturated carbocycles. The van der Waals surface area contributed by atoms with Crippen molar-refractivity contribution in [2.24, 2.45) is 5.73 Å². The van der Waals surface area contributed by atoms with Crippen LogP contribution < -0.4 is 5.73 Å². The van der Waals surface area contributed by atoms with Crippen molar-refractivity contribution in [1.82, 2.24) is 0 Å². The van der Waals surface area contributed by atoms with Crippen LogP contribution in [0.15, 0.2) is 18.2 Å². The summed E-state index contributed by atoms with van der Waals surface area (Å²) in [5, 5.41) is 18.2. The first-order valence-corrected chi connectivity index (χ1v) is 5.21. The van der Waals surface area contributed by atoms with Gasteiger partial charge in [-0.2, -0.15) is 0 Å². The molecule has 1 aromatic rings. The average molecular weight is 223 g/mol. The second kappa shape index (κ2) is 4.99. The van der Waals surface area contributed by atoms with Gasteiger partial charge in [-0.3, -0.25) is 4.79 Å². The van der Waals surface area contributed by atoms with E-state index in [0.717, 1.165) is 11.1 Å². The maximum Gasteiger partial charge on any atom is 0.320 e. The third-order valence-corrected chi connectivity index (χ3v) is 2.44. The molecule has 4 N–H and O–H groups in total. The predicted molar refractivity (Wildman–Crippen MR) is 61.5 cm³/mol. The molecule has 1 aromatic carbocycles. The van der Waals surface area contributed by atoms with E-state index in [2.05, 4.69) is 0 Å². The third kappa shape index (κ3) is 3.24. The SMILES string of the molecule is CC(C)c1cc(O)cc(CC(N)C(=O)O)c1. The molecule has 88 valence electrons. The normalized spacial score (nSPS) is 12.8. The summed E-state index contributed by atoms with van der Waals surface area (Å²) in [5.41, 5.74) is 7.17. The molecule has 1 unspecified atom stereocenters. The minimum absolute atomic E-state index is 0.152. The number of phenolic OH excluding ortho intramolecular Hbond substituents is 1. The molecule has 0 saturated heterocycles. The van der Waals surface area contributed by atoms with E-state index in [-0.39, 0.29) is 18.1 Å². The third-order valence-electron chi connectivity index (χ3n) is 2.44. The van der Waals surface area contributed by atoms with Gasteiger partial charge in [0.1, 0.15) is 11.8 Å². The number of aliphatic carboxylic acids is 1. The van der Waals surface area contributed by atoms with Crippen LogP contribution >= 0.6 is 0 Å². The van der Waals surface area contributed by atoms with E-state index in [9.17, 15) is 9.90 Å². The van der Waals surface area contributed by atoms with E-state index in [1.165, 1.54) is 0 Å². The highest BCUT2D eigenvalue weighted by atomic mass is 16.4. The number of carboxylic acid groups (broad SMARTS) is 1. The molecule has 16 heavy (non-hydrogen) atoms. The number of nitrogens with two attached hydrogens (primary N) is 1. The molecule has 0 aliphatic heterocycles. The lowest BCUT2D eigenvalue weighted by Gasteiger charge is -2.11. The van der Waals surface area contributed by atoms with Gasteiger partial charge in [0.15, 0.2) is 0 Å². The Labute approximate surface area is 94.7 Å². The van der Waals surface area contributed by atoms with Crippen LogP contribution in [0.25, 0.3) is 0 Å². The molecular weight excluding hydrogens is 206 g/mol. The van der Waals surface area contributed by atoms with Crippen LogP contribution in [-0.4, -0.2) is 22.2 Å². The van der Waals surface area contributed by atoms with Crippen LogP contribution in [0, 0.1) is 0 Å². The van der Waals surface area contributed by atoms with Crippen LogP contribution in [0.4, 0.5) is 0 Å². The standard InChI is InChI=1S/C12H17NO3/c1-7(2)9-3-8(4-10(14)6-9)5-11(13)12(15)16/h3-4,6-7,11,14H,5,13H2,1-2H3,(H,15,16). The zero-order valence-electron chi connectivity index (χ0n) is 9.47. The molecule has 1 atom stereocenters. The fraction of sp³-hybridized carbons (Fsp3) is 0.417. The van der Waals surface area contributed by atoms with E-state index in [1.807, 2.05) is 19.9 Å². The number of aromatic hydroxyl groups is 1. The van der Waals surface area contributed by atoms with E-state index < -0.39 is 12.0 Å². The Morgan fingerprint density at radius 2 is 2.00 bits per heavy atom. The number of hydrogen-bond donors (Lipinski definition) is 3. The van der Waals surface area contributed by atoms with E-state index in [1.54, 1.807) is 12.1 Å². The molecule has 0 radical (unpaired) electrons. The smallest absolute Gasteiger partial charge is 0.320 e.